The van der Waals surface area contributed by atoms with Crippen LogP contribution < -0.4 is 10.6 Å². The lowest BCUT2D eigenvalue weighted by Gasteiger charge is -2.18. The molecule has 0 aliphatic carbocycles. The van der Waals surface area contributed by atoms with Gasteiger partial charge in [0.1, 0.15) is 0 Å². The fourth-order valence-corrected chi connectivity index (χ4v) is 3.40. The Bertz CT molecular complexity index is 586. The summed E-state index contributed by atoms with van der Waals surface area (Å²) in [4.78, 5) is 12.2. The molecular weight excluding hydrogens is 338 g/mol. The second-order valence-corrected chi connectivity index (χ2v) is 6.95. The van der Waals surface area contributed by atoms with Gasteiger partial charge in [-0.05, 0) is 38.2 Å². The molecule has 6 nitrogen and oxygen atoms in total. The van der Waals surface area contributed by atoms with E-state index in [0.29, 0.717) is 25.2 Å². The maximum Gasteiger partial charge on any atom is 0.251 e. The summed E-state index contributed by atoms with van der Waals surface area (Å²) < 4.78 is 26.1. The van der Waals surface area contributed by atoms with Crippen molar-refractivity contribution < 1.29 is 13.2 Å². The maximum absolute atomic E-state index is 12.3. The zero-order valence-corrected chi connectivity index (χ0v) is 15.6. The van der Waals surface area contributed by atoms with Crippen LogP contribution in [0.4, 0.5) is 0 Å². The molecule has 1 atom stereocenters. The second kappa shape index (κ2) is 9.87. The molecule has 0 saturated heterocycles. The monoisotopic (exact) mass is 363 g/mol. The van der Waals surface area contributed by atoms with Crippen LogP contribution in [0.5, 0.6) is 0 Å². The Hall–Kier alpha value is -1.15. The van der Waals surface area contributed by atoms with Crippen molar-refractivity contribution in [3.05, 3.63) is 29.8 Å². The molecule has 0 heterocycles. The van der Waals surface area contributed by atoms with Crippen molar-refractivity contribution in [3.8, 4) is 0 Å². The molecule has 132 valence electrons. The third-order valence-corrected chi connectivity index (χ3v) is 5.59. The first-order valence-corrected chi connectivity index (χ1v) is 8.86. The Balaban J connectivity index is 0.00000484. The molecule has 0 aliphatic rings. The summed E-state index contributed by atoms with van der Waals surface area (Å²) in [6.45, 7) is 6.90. The van der Waals surface area contributed by atoms with Gasteiger partial charge in [-0.25, -0.2) is 8.42 Å². The predicted molar refractivity (Wildman–Crippen MR) is 94.7 cm³/mol. The Kier molecular flexibility index (Phi) is 9.38. The van der Waals surface area contributed by atoms with E-state index in [9.17, 15) is 13.2 Å². The smallest absolute Gasteiger partial charge is 0.251 e. The molecule has 0 aliphatic heterocycles. The average Bonchev–Trinajstić information content (AvgIpc) is 2.53. The number of carbonyl (C=O) groups is 1. The number of rotatable bonds is 8. The first kappa shape index (κ1) is 21.9. The molecule has 0 bridgehead atoms. The van der Waals surface area contributed by atoms with Gasteiger partial charge in [-0.15, -0.1) is 12.4 Å². The molecule has 0 radical (unpaired) electrons. The maximum atomic E-state index is 12.3. The van der Waals surface area contributed by atoms with E-state index in [0.717, 1.165) is 0 Å². The first-order valence-electron chi connectivity index (χ1n) is 7.42. The molecule has 1 aromatic rings. The van der Waals surface area contributed by atoms with Crippen molar-refractivity contribution in [3.63, 3.8) is 0 Å². The SMILES string of the molecule is CCN(CC)S(=O)(=O)c1ccc(C(=O)NCC(C)NC)cc1.Cl. The number of halogens is 1. The van der Waals surface area contributed by atoms with E-state index in [2.05, 4.69) is 10.6 Å². The van der Waals surface area contributed by atoms with Gasteiger partial charge in [-0.2, -0.15) is 4.31 Å². The van der Waals surface area contributed by atoms with Gasteiger partial charge in [0.15, 0.2) is 0 Å². The number of likely N-dealkylation sites (N-methyl/N-ethyl adjacent to an activating group) is 1. The van der Waals surface area contributed by atoms with Crippen LogP contribution in [0.2, 0.25) is 0 Å². The van der Waals surface area contributed by atoms with Gasteiger partial charge in [0.2, 0.25) is 10.0 Å². The number of benzene rings is 1. The molecule has 0 fully saturated rings. The third kappa shape index (κ3) is 5.76. The van der Waals surface area contributed by atoms with E-state index in [1.165, 1.54) is 28.6 Å². The summed E-state index contributed by atoms with van der Waals surface area (Å²) >= 11 is 0. The minimum Gasteiger partial charge on any atom is -0.350 e. The van der Waals surface area contributed by atoms with E-state index in [1.807, 2.05) is 14.0 Å². The van der Waals surface area contributed by atoms with Gasteiger partial charge >= 0.3 is 0 Å². The Morgan fingerprint density at radius 1 is 1.17 bits per heavy atom. The summed E-state index contributed by atoms with van der Waals surface area (Å²) in [5.74, 6) is -0.214. The summed E-state index contributed by atoms with van der Waals surface area (Å²) in [6, 6.07) is 6.20. The standard InChI is InChI=1S/C15H25N3O3S.ClH/c1-5-18(6-2)22(20,21)14-9-7-13(8-10-14)15(19)17-11-12(3)16-4;/h7-10,12,16H,5-6,11H2,1-4H3,(H,17,19);1H. The van der Waals surface area contributed by atoms with Crippen molar-refractivity contribution in [1.82, 2.24) is 14.9 Å². The molecule has 0 spiro atoms. The van der Waals surface area contributed by atoms with Gasteiger partial charge in [0.25, 0.3) is 5.91 Å². The van der Waals surface area contributed by atoms with Crippen molar-refractivity contribution in [2.45, 2.75) is 31.7 Å². The molecule has 1 aromatic carbocycles. The largest absolute Gasteiger partial charge is 0.350 e. The molecule has 23 heavy (non-hydrogen) atoms. The molecule has 2 N–H and O–H groups in total. The van der Waals surface area contributed by atoms with E-state index in [1.54, 1.807) is 13.8 Å². The Morgan fingerprint density at radius 3 is 2.13 bits per heavy atom. The average molecular weight is 364 g/mol. The summed E-state index contributed by atoms with van der Waals surface area (Å²) in [7, 11) is -1.66. The number of hydrogen-bond donors (Lipinski definition) is 2. The zero-order chi connectivity index (χ0) is 16.8. The molecule has 0 aromatic heterocycles. The summed E-state index contributed by atoms with van der Waals surface area (Å²) in [5, 5.41) is 5.82. The highest BCUT2D eigenvalue weighted by atomic mass is 35.5. The highest BCUT2D eigenvalue weighted by molar-refractivity contribution is 7.89. The van der Waals surface area contributed by atoms with E-state index in [-0.39, 0.29) is 29.3 Å². The van der Waals surface area contributed by atoms with E-state index in [4.69, 9.17) is 0 Å². The Labute approximate surface area is 145 Å². The van der Waals surface area contributed by atoms with Gasteiger partial charge in [-0.3, -0.25) is 4.79 Å². The van der Waals surface area contributed by atoms with Crippen LogP contribution >= 0.6 is 12.4 Å². The highest BCUT2D eigenvalue weighted by Gasteiger charge is 2.21. The fourth-order valence-electron chi connectivity index (χ4n) is 1.94. The summed E-state index contributed by atoms with van der Waals surface area (Å²) in [6.07, 6.45) is 0. The second-order valence-electron chi connectivity index (χ2n) is 5.01. The molecule has 1 amide bonds. The van der Waals surface area contributed by atoms with Crippen molar-refractivity contribution in [2.24, 2.45) is 0 Å². The van der Waals surface area contributed by atoms with Crippen LogP contribution in [0, 0.1) is 0 Å². The molecule has 1 unspecified atom stereocenters. The number of nitrogens with one attached hydrogen (secondary N) is 2. The van der Waals surface area contributed by atoms with Crippen LogP contribution in [0.15, 0.2) is 29.2 Å². The van der Waals surface area contributed by atoms with Crippen molar-refractivity contribution in [1.29, 1.82) is 0 Å². The lowest BCUT2D eigenvalue weighted by molar-refractivity contribution is 0.0950. The third-order valence-electron chi connectivity index (χ3n) is 3.52. The molecule has 0 saturated carbocycles. The van der Waals surface area contributed by atoms with E-state index >= 15 is 0 Å². The topological polar surface area (TPSA) is 78.5 Å². The number of sulfonamides is 1. The van der Waals surface area contributed by atoms with Gasteiger partial charge in [-0.1, -0.05) is 13.8 Å². The van der Waals surface area contributed by atoms with Crippen molar-refractivity contribution >= 4 is 28.3 Å². The van der Waals surface area contributed by atoms with Gasteiger partial charge in [0.05, 0.1) is 4.90 Å². The quantitative estimate of drug-likeness (QED) is 0.733. The first-order chi connectivity index (χ1) is 10.4. The normalized spacial score (nSPS) is 12.6. The molecule has 8 heteroatoms. The number of carbonyl (C=O) groups excluding carboxylic acids is 1. The number of amides is 1. The van der Waals surface area contributed by atoms with Crippen LogP contribution in [0.3, 0.4) is 0 Å². The van der Waals surface area contributed by atoms with Crippen molar-refractivity contribution in [2.75, 3.05) is 26.7 Å². The number of nitrogens with zero attached hydrogens (tertiary/aromatic N) is 1. The molecule has 1 rings (SSSR count). The lowest BCUT2D eigenvalue weighted by atomic mass is 10.2. The van der Waals surface area contributed by atoms with Crippen LogP contribution in [-0.4, -0.2) is 51.4 Å². The van der Waals surface area contributed by atoms with Crippen LogP contribution in [0.1, 0.15) is 31.1 Å². The van der Waals surface area contributed by atoms with Gasteiger partial charge < -0.3 is 10.6 Å². The highest BCUT2D eigenvalue weighted by Crippen LogP contribution is 2.16. The molecular formula is C15H26ClN3O3S. The number of hydrogen-bond acceptors (Lipinski definition) is 4. The lowest BCUT2D eigenvalue weighted by Crippen LogP contribution is -2.37. The fraction of sp³-hybridized carbons (Fsp3) is 0.533. The predicted octanol–water partition coefficient (Wildman–Crippen LogP) is 1.48. The van der Waals surface area contributed by atoms with Gasteiger partial charge in [0, 0.05) is 31.2 Å². The minimum atomic E-state index is -3.48. The van der Waals surface area contributed by atoms with Crippen LogP contribution in [-0.2, 0) is 10.0 Å². The summed E-state index contributed by atoms with van der Waals surface area (Å²) in [5.41, 5.74) is 0.446. The Morgan fingerprint density at radius 2 is 1.70 bits per heavy atom. The zero-order valence-electron chi connectivity index (χ0n) is 14.0. The minimum absolute atomic E-state index is 0. The van der Waals surface area contributed by atoms with Crippen LogP contribution in [0.25, 0.3) is 0 Å². The van der Waals surface area contributed by atoms with E-state index < -0.39 is 10.0 Å².